The lowest BCUT2D eigenvalue weighted by molar-refractivity contribution is -0.122. The predicted molar refractivity (Wildman–Crippen MR) is 122 cm³/mol. The number of ether oxygens (including phenoxy) is 2. The summed E-state index contributed by atoms with van der Waals surface area (Å²) >= 11 is 0. The maximum atomic E-state index is 11.8. The third-order valence-corrected chi connectivity index (χ3v) is 3.39. The molecule has 0 unspecified atom stereocenters. The minimum Gasteiger partial charge on any atom is -0.448 e. The summed E-state index contributed by atoms with van der Waals surface area (Å²) in [6.45, 7) is 5.76. The van der Waals surface area contributed by atoms with E-state index in [-0.39, 0.29) is 38.8 Å². The monoisotopic (exact) mass is 465 g/mol. The van der Waals surface area contributed by atoms with E-state index in [4.69, 9.17) is 27.7 Å². The molecule has 0 bridgehead atoms. The molecule has 0 aromatic carbocycles. The van der Waals surface area contributed by atoms with E-state index < -0.39 is 18.1 Å². The zero-order valence-corrected chi connectivity index (χ0v) is 19.5. The second-order valence-electron chi connectivity index (χ2n) is 6.30. The van der Waals surface area contributed by atoms with E-state index >= 15 is 0 Å². The van der Waals surface area contributed by atoms with Gasteiger partial charge in [-0.3, -0.25) is 14.5 Å². The number of rotatable bonds is 14. The minimum atomic E-state index is -0.914. The number of carbonyl (C=O) groups is 4. The SMILES string of the molecule is CCC(N)=O.CCCCN.NCCCCN(CC(=O)NCCOC(N)=O)C(=O)OCCN. The van der Waals surface area contributed by atoms with Crippen LogP contribution < -0.4 is 34.0 Å². The Morgan fingerprint density at radius 3 is 1.84 bits per heavy atom. The summed E-state index contributed by atoms with van der Waals surface area (Å²) < 4.78 is 9.38. The number of hydrogen-bond donors (Lipinski definition) is 6. The Morgan fingerprint density at radius 2 is 1.44 bits per heavy atom. The van der Waals surface area contributed by atoms with Crippen LogP contribution in [0.2, 0.25) is 0 Å². The lowest BCUT2D eigenvalue weighted by atomic mass is 10.3. The largest absolute Gasteiger partial charge is 0.448 e. The highest BCUT2D eigenvalue weighted by Gasteiger charge is 2.17. The molecular weight excluding hydrogens is 422 g/mol. The van der Waals surface area contributed by atoms with Crippen LogP contribution in [-0.4, -0.2) is 81.4 Å². The summed E-state index contributed by atoms with van der Waals surface area (Å²) in [6.07, 6.45) is 2.70. The lowest BCUT2D eigenvalue weighted by Gasteiger charge is -2.21. The molecule has 13 heteroatoms. The Kier molecular flexibility index (Phi) is 28.0. The fourth-order valence-corrected chi connectivity index (χ4v) is 1.69. The van der Waals surface area contributed by atoms with Crippen LogP contribution in [0.1, 0.15) is 46.0 Å². The van der Waals surface area contributed by atoms with Crippen molar-refractivity contribution in [3.8, 4) is 0 Å². The zero-order valence-electron chi connectivity index (χ0n) is 19.5. The van der Waals surface area contributed by atoms with Crippen molar-refractivity contribution in [2.45, 2.75) is 46.0 Å². The summed E-state index contributed by atoms with van der Waals surface area (Å²) in [5, 5.41) is 2.50. The number of unbranched alkanes of at least 4 members (excludes halogenated alkanes) is 2. The van der Waals surface area contributed by atoms with E-state index in [2.05, 4.69) is 22.7 Å². The minimum absolute atomic E-state index is 0.0358. The van der Waals surface area contributed by atoms with Gasteiger partial charge in [0.15, 0.2) is 0 Å². The first kappa shape index (κ1) is 34.0. The van der Waals surface area contributed by atoms with E-state index in [1.807, 2.05) is 0 Å². The Bertz CT molecular complexity index is 493. The number of carbonyl (C=O) groups excluding carboxylic acids is 4. The highest BCUT2D eigenvalue weighted by molar-refractivity contribution is 5.82. The van der Waals surface area contributed by atoms with Crippen molar-refractivity contribution < 1.29 is 28.7 Å². The number of nitrogens with zero attached hydrogens (tertiary/aromatic N) is 1. The summed E-state index contributed by atoms with van der Waals surface area (Å²) in [6, 6.07) is 0. The summed E-state index contributed by atoms with van der Waals surface area (Å²) in [5.41, 5.74) is 25.2. The molecular formula is C19H43N7O6. The van der Waals surface area contributed by atoms with Crippen molar-refractivity contribution in [3.05, 3.63) is 0 Å². The fraction of sp³-hybridized carbons (Fsp3) is 0.789. The molecule has 32 heavy (non-hydrogen) atoms. The maximum Gasteiger partial charge on any atom is 0.410 e. The molecule has 4 amide bonds. The molecule has 11 N–H and O–H groups in total. The van der Waals surface area contributed by atoms with Crippen LogP contribution in [0, 0.1) is 0 Å². The average molecular weight is 466 g/mol. The van der Waals surface area contributed by atoms with Gasteiger partial charge >= 0.3 is 12.2 Å². The molecule has 0 rings (SSSR count). The number of primary amides is 2. The van der Waals surface area contributed by atoms with Crippen molar-refractivity contribution in [2.24, 2.45) is 28.7 Å². The molecule has 0 saturated heterocycles. The molecule has 0 aliphatic carbocycles. The normalized spacial score (nSPS) is 9.28. The quantitative estimate of drug-likeness (QED) is 0.172. The molecule has 0 heterocycles. The van der Waals surface area contributed by atoms with Crippen LogP contribution in [-0.2, 0) is 19.1 Å². The fourth-order valence-electron chi connectivity index (χ4n) is 1.69. The van der Waals surface area contributed by atoms with Gasteiger partial charge in [0.25, 0.3) is 0 Å². The van der Waals surface area contributed by atoms with Gasteiger partial charge in [-0.15, -0.1) is 0 Å². The Hall–Kier alpha value is -2.64. The van der Waals surface area contributed by atoms with Crippen LogP contribution in [0.5, 0.6) is 0 Å². The predicted octanol–water partition coefficient (Wildman–Crippen LogP) is -1.04. The molecule has 0 aliphatic rings. The first-order valence-corrected chi connectivity index (χ1v) is 10.7. The first-order valence-electron chi connectivity index (χ1n) is 10.7. The third kappa shape index (κ3) is 29.6. The Labute approximate surface area is 190 Å². The summed E-state index contributed by atoms with van der Waals surface area (Å²) in [4.78, 5) is 44.7. The van der Waals surface area contributed by atoms with Crippen LogP contribution in [0.4, 0.5) is 9.59 Å². The molecule has 0 aliphatic heterocycles. The standard InChI is InChI=1S/C12H25N5O5.C4H11N.C3H7NO/c13-3-1-2-6-17(12(20)22-7-4-14)9-10(18)16-5-8-21-11(15)19;1-2-3-4-5;1-2-3(4)5/h1-9,13-14H2,(H2,15,19)(H,16,18);2-5H2,1H3;2H2,1H3,(H2,4,5). The third-order valence-electron chi connectivity index (χ3n) is 3.39. The molecule has 0 aromatic rings. The maximum absolute atomic E-state index is 11.8. The summed E-state index contributed by atoms with van der Waals surface area (Å²) in [5.74, 6) is -0.643. The average Bonchev–Trinajstić information content (AvgIpc) is 2.75. The zero-order chi connectivity index (χ0) is 25.2. The molecule has 0 fully saturated rings. The van der Waals surface area contributed by atoms with E-state index in [0.29, 0.717) is 25.9 Å². The lowest BCUT2D eigenvalue weighted by Crippen LogP contribution is -2.42. The van der Waals surface area contributed by atoms with Crippen LogP contribution in [0.3, 0.4) is 0 Å². The first-order chi connectivity index (χ1) is 15.2. The van der Waals surface area contributed by atoms with Crippen LogP contribution in [0.25, 0.3) is 0 Å². The van der Waals surface area contributed by atoms with E-state index in [0.717, 1.165) is 13.0 Å². The van der Waals surface area contributed by atoms with Crippen molar-refractivity contribution in [2.75, 3.05) is 52.5 Å². The van der Waals surface area contributed by atoms with Gasteiger partial charge < -0.3 is 43.5 Å². The Balaban J connectivity index is -0.000000695. The second kappa shape index (κ2) is 26.4. The van der Waals surface area contributed by atoms with Gasteiger partial charge in [-0.25, -0.2) is 9.59 Å². The smallest absolute Gasteiger partial charge is 0.410 e. The van der Waals surface area contributed by atoms with Crippen molar-refractivity contribution in [3.63, 3.8) is 0 Å². The summed E-state index contributed by atoms with van der Waals surface area (Å²) in [7, 11) is 0. The van der Waals surface area contributed by atoms with Gasteiger partial charge in [0.1, 0.15) is 19.8 Å². The molecule has 0 radical (unpaired) electrons. The number of nitrogens with two attached hydrogens (primary N) is 5. The van der Waals surface area contributed by atoms with Gasteiger partial charge in [0.2, 0.25) is 11.8 Å². The number of amides is 4. The number of hydrogen-bond acceptors (Lipinski definition) is 9. The van der Waals surface area contributed by atoms with Gasteiger partial charge in [0.05, 0.1) is 6.54 Å². The molecule has 0 atom stereocenters. The highest BCUT2D eigenvalue weighted by Crippen LogP contribution is 1.98. The van der Waals surface area contributed by atoms with Crippen molar-refractivity contribution in [1.82, 2.24) is 10.2 Å². The van der Waals surface area contributed by atoms with E-state index in [9.17, 15) is 19.2 Å². The number of nitrogens with one attached hydrogen (secondary N) is 1. The highest BCUT2D eigenvalue weighted by atomic mass is 16.6. The van der Waals surface area contributed by atoms with E-state index in [1.54, 1.807) is 6.92 Å². The van der Waals surface area contributed by atoms with Gasteiger partial charge in [0, 0.05) is 19.5 Å². The molecule has 190 valence electrons. The Morgan fingerprint density at radius 1 is 0.844 bits per heavy atom. The van der Waals surface area contributed by atoms with Crippen LogP contribution in [0.15, 0.2) is 0 Å². The van der Waals surface area contributed by atoms with Crippen LogP contribution >= 0.6 is 0 Å². The molecule has 0 saturated carbocycles. The van der Waals surface area contributed by atoms with Crippen molar-refractivity contribution in [1.29, 1.82) is 0 Å². The van der Waals surface area contributed by atoms with Gasteiger partial charge in [-0.2, -0.15) is 0 Å². The van der Waals surface area contributed by atoms with Gasteiger partial charge in [-0.1, -0.05) is 20.3 Å². The molecule has 0 spiro atoms. The van der Waals surface area contributed by atoms with Crippen molar-refractivity contribution >= 4 is 24.0 Å². The second-order valence-corrected chi connectivity index (χ2v) is 6.30. The van der Waals surface area contributed by atoms with E-state index in [1.165, 1.54) is 17.7 Å². The van der Waals surface area contributed by atoms with Gasteiger partial charge in [-0.05, 0) is 32.4 Å². The molecule has 13 nitrogen and oxygen atoms in total. The molecule has 0 aromatic heterocycles. The topological polar surface area (TPSA) is 232 Å².